The molecule has 9 aromatic rings. The predicted molar refractivity (Wildman–Crippen MR) is 202 cm³/mol. The molecule has 9 aromatic carbocycles. The van der Waals surface area contributed by atoms with Gasteiger partial charge < -0.3 is 4.90 Å². The largest absolute Gasteiger partial charge is 0.310 e. The standard InChI is InChI=1S/C46H31N/c1-3-12-40(13-4-1)47(41-14-5-2-6-15-41)42-26-25-32-19-20-36(29-39(32)30-42)33-21-22-35-28-38(24-23-34(35)27-33)46-31-37-11-7-8-16-43(37)44-17-9-10-18-45(44)46/h1-31H. The summed E-state index contributed by atoms with van der Waals surface area (Å²) in [5.74, 6) is 0. The van der Waals surface area contributed by atoms with Crippen molar-refractivity contribution in [1.29, 1.82) is 0 Å². The zero-order chi connectivity index (χ0) is 31.2. The number of anilines is 3. The first kappa shape index (κ1) is 27.2. The molecule has 0 N–H and O–H groups in total. The van der Waals surface area contributed by atoms with Crippen LogP contribution in [0.25, 0.3) is 65.3 Å². The highest BCUT2D eigenvalue weighted by atomic mass is 15.1. The third-order valence-electron chi connectivity index (χ3n) is 9.36. The van der Waals surface area contributed by atoms with E-state index in [0.29, 0.717) is 0 Å². The molecule has 0 aliphatic rings. The van der Waals surface area contributed by atoms with Gasteiger partial charge in [0.15, 0.2) is 0 Å². The van der Waals surface area contributed by atoms with Crippen LogP contribution in [0.5, 0.6) is 0 Å². The Morgan fingerprint density at radius 1 is 0.255 bits per heavy atom. The van der Waals surface area contributed by atoms with Crippen LogP contribution < -0.4 is 4.90 Å². The minimum absolute atomic E-state index is 1.14. The van der Waals surface area contributed by atoms with Gasteiger partial charge in [0.1, 0.15) is 0 Å². The Bertz CT molecular complexity index is 2530. The Balaban J connectivity index is 1.10. The Morgan fingerprint density at radius 2 is 0.766 bits per heavy atom. The van der Waals surface area contributed by atoms with Gasteiger partial charge in [0.2, 0.25) is 0 Å². The van der Waals surface area contributed by atoms with Crippen LogP contribution in [0.4, 0.5) is 17.1 Å². The maximum atomic E-state index is 2.34. The lowest BCUT2D eigenvalue weighted by Gasteiger charge is -2.25. The van der Waals surface area contributed by atoms with Crippen molar-refractivity contribution >= 4 is 60.2 Å². The molecule has 0 heterocycles. The molecule has 0 unspecified atom stereocenters. The van der Waals surface area contributed by atoms with Gasteiger partial charge in [-0.15, -0.1) is 0 Å². The first-order valence-corrected chi connectivity index (χ1v) is 16.2. The first-order chi connectivity index (χ1) is 23.3. The number of para-hydroxylation sites is 2. The van der Waals surface area contributed by atoms with Crippen molar-refractivity contribution < 1.29 is 0 Å². The van der Waals surface area contributed by atoms with E-state index in [9.17, 15) is 0 Å². The van der Waals surface area contributed by atoms with Gasteiger partial charge in [-0.1, -0.05) is 127 Å². The minimum atomic E-state index is 1.14. The summed E-state index contributed by atoms with van der Waals surface area (Å²) in [6.07, 6.45) is 0. The van der Waals surface area contributed by atoms with Crippen molar-refractivity contribution in [2.75, 3.05) is 4.90 Å². The van der Waals surface area contributed by atoms with E-state index in [-0.39, 0.29) is 0 Å². The van der Waals surface area contributed by atoms with Crippen LogP contribution in [0.1, 0.15) is 0 Å². The lowest BCUT2D eigenvalue weighted by molar-refractivity contribution is 1.29. The number of fused-ring (bicyclic) bond motifs is 5. The van der Waals surface area contributed by atoms with Crippen molar-refractivity contribution in [2.45, 2.75) is 0 Å². The number of hydrogen-bond donors (Lipinski definition) is 0. The summed E-state index contributed by atoms with van der Waals surface area (Å²) in [6, 6.07) is 68.2. The molecule has 0 aromatic heterocycles. The van der Waals surface area contributed by atoms with E-state index < -0.39 is 0 Å². The average Bonchev–Trinajstić information content (AvgIpc) is 3.15. The molecule has 47 heavy (non-hydrogen) atoms. The Morgan fingerprint density at radius 3 is 1.47 bits per heavy atom. The second-order valence-corrected chi connectivity index (χ2v) is 12.2. The number of benzene rings is 9. The Labute approximate surface area is 274 Å². The van der Waals surface area contributed by atoms with Crippen LogP contribution in [0.3, 0.4) is 0 Å². The molecule has 220 valence electrons. The van der Waals surface area contributed by atoms with Gasteiger partial charge >= 0.3 is 0 Å². The first-order valence-electron chi connectivity index (χ1n) is 16.2. The zero-order valence-electron chi connectivity index (χ0n) is 25.8. The predicted octanol–water partition coefficient (Wildman–Crippen LogP) is 13.1. The summed E-state index contributed by atoms with van der Waals surface area (Å²) in [4.78, 5) is 2.32. The highest BCUT2D eigenvalue weighted by Gasteiger charge is 2.13. The summed E-state index contributed by atoms with van der Waals surface area (Å²) < 4.78 is 0. The molecule has 0 aliphatic carbocycles. The lowest BCUT2D eigenvalue weighted by atomic mass is 9.91. The van der Waals surface area contributed by atoms with Gasteiger partial charge in [-0.3, -0.25) is 0 Å². The second-order valence-electron chi connectivity index (χ2n) is 12.2. The fourth-order valence-electron chi connectivity index (χ4n) is 7.04. The molecular formula is C46H31N. The van der Waals surface area contributed by atoms with E-state index in [2.05, 4.69) is 193 Å². The maximum absolute atomic E-state index is 2.34. The van der Waals surface area contributed by atoms with Crippen molar-refractivity contribution in [3.8, 4) is 22.3 Å². The maximum Gasteiger partial charge on any atom is 0.0468 e. The van der Waals surface area contributed by atoms with E-state index in [1.54, 1.807) is 0 Å². The quantitative estimate of drug-likeness (QED) is 0.178. The third kappa shape index (κ3) is 4.90. The van der Waals surface area contributed by atoms with Crippen LogP contribution in [-0.4, -0.2) is 0 Å². The van der Waals surface area contributed by atoms with Crippen LogP contribution in [-0.2, 0) is 0 Å². The third-order valence-corrected chi connectivity index (χ3v) is 9.36. The summed E-state index contributed by atoms with van der Waals surface area (Å²) in [5, 5.41) is 10.1. The summed E-state index contributed by atoms with van der Waals surface area (Å²) in [5.41, 5.74) is 8.37. The van der Waals surface area contributed by atoms with Gasteiger partial charge in [0, 0.05) is 17.1 Å². The molecule has 0 bridgehead atoms. The average molecular weight is 598 g/mol. The Kier molecular flexibility index (Phi) is 6.54. The topological polar surface area (TPSA) is 3.24 Å². The lowest BCUT2D eigenvalue weighted by Crippen LogP contribution is -2.09. The van der Waals surface area contributed by atoms with Crippen LogP contribution >= 0.6 is 0 Å². The zero-order valence-corrected chi connectivity index (χ0v) is 25.8. The van der Waals surface area contributed by atoms with Gasteiger partial charge in [0.05, 0.1) is 0 Å². The second kappa shape index (κ2) is 11.3. The minimum Gasteiger partial charge on any atom is -0.310 e. The molecular weight excluding hydrogens is 567 g/mol. The molecule has 1 nitrogen and oxygen atoms in total. The van der Waals surface area contributed by atoms with E-state index in [1.165, 1.54) is 65.3 Å². The molecule has 0 aliphatic heterocycles. The molecule has 0 amide bonds. The number of nitrogens with zero attached hydrogens (tertiary/aromatic N) is 1. The number of rotatable bonds is 5. The van der Waals surface area contributed by atoms with Crippen molar-refractivity contribution in [2.24, 2.45) is 0 Å². The van der Waals surface area contributed by atoms with Gasteiger partial charge in [-0.25, -0.2) is 0 Å². The highest BCUT2D eigenvalue weighted by Crippen LogP contribution is 2.39. The summed E-state index contributed by atoms with van der Waals surface area (Å²) >= 11 is 0. The molecule has 9 rings (SSSR count). The normalized spacial score (nSPS) is 11.4. The summed E-state index contributed by atoms with van der Waals surface area (Å²) in [6.45, 7) is 0. The smallest absolute Gasteiger partial charge is 0.0468 e. The monoisotopic (exact) mass is 597 g/mol. The molecule has 0 atom stereocenters. The molecule has 0 saturated carbocycles. The Hall–Kier alpha value is -6.18. The van der Waals surface area contributed by atoms with Crippen LogP contribution in [0, 0.1) is 0 Å². The van der Waals surface area contributed by atoms with E-state index in [4.69, 9.17) is 0 Å². The molecule has 0 radical (unpaired) electrons. The molecule has 0 fully saturated rings. The van der Waals surface area contributed by atoms with Crippen molar-refractivity contribution in [3.63, 3.8) is 0 Å². The van der Waals surface area contributed by atoms with Crippen molar-refractivity contribution in [1.82, 2.24) is 0 Å². The summed E-state index contributed by atoms with van der Waals surface area (Å²) in [7, 11) is 0. The fraction of sp³-hybridized carbons (Fsp3) is 0. The van der Waals surface area contributed by atoms with E-state index in [1.807, 2.05) is 0 Å². The van der Waals surface area contributed by atoms with E-state index >= 15 is 0 Å². The highest BCUT2D eigenvalue weighted by molar-refractivity contribution is 6.14. The van der Waals surface area contributed by atoms with Crippen LogP contribution in [0.2, 0.25) is 0 Å². The van der Waals surface area contributed by atoms with E-state index in [0.717, 1.165) is 17.1 Å². The van der Waals surface area contributed by atoms with Gasteiger partial charge in [0.25, 0.3) is 0 Å². The SMILES string of the molecule is c1ccc(N(c2ccccc2)c2ccc3ccc(-c4ccc5cc(-c6cc7ccccc7c7ccccc67)ccc5c4)cc3c2)cc1. The van der Waals surface area contributed by atoms with Crippen molar-refractivity contribution in [3.05, 3.63) is 188 Å². The molecule has 1 heteroatoms. The van der Waals surface area contributed by atoms with Crippen LogP contribution in [0.15, 0.2) is 188 Å². The number of hydrogen-bond acceptors (Lipinski definition) is 1. The van der Waals surface area contributed by atoms with Gasteiger partial charge in [-0.2, -0.15) is 0 Å². The molecule has 0 saturated heterocycles. The molecule has 0 spiro atoms. The van der Waals surface area contributed by atoms with Gasteiger partial charge in [-0.05, 0) is 126 Å². The fourth-order valence-corrected chi connectivity index (χ4v) is 7.04.